The van der Waals surface area contributed by atoms with E-state index in [1.54, 1.807) is 12.1 Å². The number of benzene rings is 1. The van der Waals surface area contributed by atoms with E-state index in [2.05, 4.69) is 22.0 Å². The van der Waals surface area contributed by atoms with E-state index in [1.165, 1.54) is 44.5 Å². The Balaban J connectivity index is 1.47. The zero-order valence-corrected chi connectivity index (χ0v) is 14.5. The third kappa shape index (κ3) is 4.04. The summed E-state index contributed by atoms with van der Waals surface area (Å²) in [6.45, 7) is 9.97. The molecule has 2 saturated heterocycles. The molecule has 3 rings (SSSR count). The minimum atomic E-state index is -0.139. The smallest absolute Gasteiger partial charge is 0.123 e. The predicted molar refractivity (Wildman–Crippen MR) is 94.6 cm³/mol. The first-order chi connectivity index (χ1) is 11.2. The molecule has 23 heavy (non-hydrogen) atoms. The number of nitrogens with one attached hydrogen (secondary N) is 1. The quantitative estimate of drug-likeness (QED) is 0.899. The van der Waals surface area contributed by atoms with Gasteiger partial charge in [-0.2, -0.15) is 0 Å². The number of nitrogens with zero attached hydrogens (tertiary/aromatic N) is 2. The number of anilines is 1. The van der Waals surface area contributed by atoms with Crippen LogP contribution in [-0.4, -0.2) is 49.7 Å². The van der Waals surface area contributed by atoms with Crippen LogP contribution in [0.3, 0.4) is 0 Å². The summed E-state index contributed by atoms with van der Waals surface area (Å²) in [6.07, 6.45) is 5.04. The van der Waals surface area contributed by atoms with Crippen LogP contribution in [0.2, 0.25) is 0 Å². The van der Waals surface area contributed by atoms with Gasteiger partial charge in [0.1, 0.15) is 5.82 Å². The number of hydrogen-bond donors (Lipinski definition) is 1. The lowest BCUT2D eigenvalue weighted by atomic mass is 10.0. The van der Waals surface area contributed by atoms with Crippen LogP contribution in [0.4, 0.5) is 10.1 Å². The Morgan fingerprint density at radius 3 is 2.65 bits per heavy atom. The average molecular weight is 319 g/mol. The number of aryl methyl sites for hydroxylation is 1. The minimum absolute atomic E-state index is 0.139. The van der Waals surface area contributed by atoms with Crippen molar-refractivity contribution in [2.45, 2.75) is 51.6 Å². The van der Waals surface area contributed by atoms with Crippen LogP contribution in [0, 0.1) is 12.7 Å². The summed E-state index contributed by atoms with van der Waals surface area (Å²) >= 11 is 0. The van der Waals surface area contributed by atoms with Gasteiger partial charge in [-0.25, -0.2) is 4.39 Å². The molecular formula is C19H30FN3. The maximum atomic E-state index is 13.3. The summed E-state index contributed by atoms with van der Waals surface area (Å²) in [7, 11) is 0. The number of hydrogen-bond acceptors (Lipinski definition) is 3. The van der Waals surface area contributed by atoms with Crippen LogP contribution >= 0.6 is 0 Å². The Morgan fingerprint density at radius 2 is 1.96 bits per heavy atom. The van der Waals surface area contributed by atoms with Gasteiger partial charge in [0, 0.05) is 37.4 Å². The van der Waals surface area contributed by atoms with Crippen LogP contribution in [0.1, 0.15) is 38.2 Å². The molecule has 128 valence electrons. The Bertz CT molecular complexity index is 511. The highest BCUT2D eigenvalue weighted by atomic mass is 19.1. The summed E-state index contributed by atoms with van der Waals surface area (Å²) in [6, 6.07) is 6.50. The predicted octanol–water partition coefficient (Wildman–Crippen LogP) is 3.18. The summed E-state index contributed by atoms with van der Waals surface area (Å²) in [5, 5.41) is 3.80. The van der Waals surface area contributed by atoms with Crippen LogP contribution in [0.5, 0.6) is 0 Å². The molecule has 2 aliphatic rings. The second kappa shape index (κ2) is 7.63. The van der Waals surface area contributed by atoms with Crippen molar-refractivity contribution in [1.29, 1.82) is 0 Å². The van der Waals surface area contributed by atoms with Gasteiger partial charge in [-0.05, 0) is 69.5 Å². The molecule has 3 nitrogen and oxygen atoms in total. The molecule has 2 fully saturated rings. The molecule has 0 spiro atoms. The van der Waals surface area contributed by atoms with Crippen molar-refractivity contribution in [2.75, 3.05) is 37.6 Å². The second-order valence-electron chi connectivity index (χ2n) is 7.03. The summed E-state index contributed by atoms with van der Waals surface area (Å²) in [4.78, 5) is 5.00. The van der Waals surface area contributed by atoms with Crippen molar-refractivity contribution in [3.05, 3.63) is 29.6 Å². The first kappa shape index (κ1) is 16.7. The van der Waals surface area contributed by atoms with Gasteiger partial charge in [-0.15, -0.1) is 0 Å². The average Bonchev–Trinajstić information content (AvgIpc) is 3.01. The maximum Gasteiger partial charge on any atom is 0.123 e. The van der Waals surface area contributed by atoms with Crippen molar-refractivity contribution in [3.8, 4) is 0 Å². The topological polar surface area (TPSA) is 18.5 Å². The minimum Gasteiger partial charge on any atom is -0.371 e. The van der Waals surface area contributed by atoms with E-state index in [1.807, 2.05) is 13.0 Å². The molecule has 0 radical (unpaired) electrons. The monoisotopic (exact) mass is 319 g/mol. The van der Waals surface area contributed by atoms with E-state index in [-0.39, 0.29) is 5.82 Å². The zero-order chi connectivity index (χ0) is 16.2. The summed E-state index contributed by atoms with van der Waals surface area (Å²) < 4.78 is 13.3. The van der Waals surface area contributed by atoms with Gasteiger partial charge in [-0.1, -0.05) is 6.92 Å². The Morgan fingerprint density at radius 1 is 1.17 bits per heavy atom. The van der Waals surface area contributed by atoms with Crippen molar-refractivity contribution in [2.24, 2.45) is 0 Å². The fraction of sp³-hybridized carbons (Fsp3) is 0.684. The molecule has 1 unspecified atom stereocenters. The third-order valence-corrected chi connectivity index (χ3v) is 5.54. The van der Waals surface area contributed by atoms with E-state index < -0.39 is 0 Å². The lowest BCUT2D eigenvalue weighted by molar-refractivity contribution is 0.248. The number of piperidine rings is 1. The van der Waals surface area contributed by atoms with Crippen LogP contribution in [0.15, 0.2) is 18.2 Å². The van der Waals surface area contributed by atoms with Crippen LogP contribution in [0.25, 0.3) is 0 Å². The van der Waals surface area contributed by atoms with Crippen molar-refractivity contribution < 1.29 is 4.39 Å². The van der Waals surface area contributed by atoms with E-state index >= 15 is 0 Å². The zero-order valence-electron chi connectivity index (χ0n) is 14.5. The molecule has 2 heterocycles. The lowest BCUT2D eigenvalue weighted by Gasteiger charge is -2.36. The largest absolute Gasteiger partial charge is 0.371 e. The first-order valence-corrected chi connectivity index (χ1v) is 9.16. The molecule has 0 bridgehead atoms. The van der Waals surface area contributed by atoms with Crippen molar-refractivity contribution in [1.82, 2.24) is 10.2 Å². The number of likely N-dealkylation sites (N-methyl/N-ethyl adjacent to an activating group) is 1. The Hall–Kier alpha value is -1.13. The highest BCUT2D eigenvalue weighted by Crippen LogP contribution is 2.25. The molecule has 1 aromatic carbocycles. The molecule has 2 aliphatic heterocycles. The van der Waals surface area contributed by atoms with Gasteiger partial charge in [0.15, 0.2) is 0 Å². The van der Waals surface area contributed by atoms with Gasteiger partial charge in [0.25, 0.3) is 0 Å². The normalized spacial score (nSPS) is 23.6. The molecule has 4 heteroatoms. The summed E-state index contributed by atoms with van der Waals surface area (Å²) in [5.74, 6) is -0.139. The highest BCUT2D eigenvalue weighted by molar-refractivity contribution is 5.53. The number of rotatable bonds is 5. The standard InChI is InChI=1S/C19H30FN3/c1-3-22-10-4-5-18(22)14-21-17-8-11-23(12-9-17)19-7-6-16(20)13-15(19)2/h6-7,13,17-18,21H,3-5,8-12,14H2,1-2H3. The molecule has 0 saturated carbocycles. The first-order valence-electron chi connectivity index (χ1n) is 9.16. The van der Waals surface area contributed by atoms with Gasteiger partial charge >= 0.3 is 0 Å². The third-order valence-electron chi connectivity index (χ3n) is 5.54. The molecule has 1 N–H and O–H groups in total. The lowest BCUT2D eigenvalue weighted by Crippen LogP contribution is -2.47. The van der Waals surface area contributed by atoms with Crippen LogP contribution < -0.4 is 10.2 Å². The van der Waals surface area contributed by atoms with E-state index in [0.29, 0.717) is 6.04 Å². The molecule has 1 atom stereocenters. The van der Waals surface area contributed by atoms with Gasteiger partial charge in [-0.3, -0.25) is 4.90 Å². The molecule has 0 aliphatic carbocycles. The molecule has 1 aromatic rings. The number of likely N-dealkylation sites (tertiary alicyclic amines) is 1. The highest BCUT2D eigenvalue weighted by Gasteiger charge is 2.25. The maximum absolute atomic E-state index is 13.3. The van der Waals surface area contributed by atoms with Crippen LogP contribution in [-0.2, 0) is 0 Å². The van der Waals surface area contributed by atoms with E-state index in [9.17, 15) is 4.39 Å². The van der Waals surface area contributed by atoms with E-state index in [0.717, 1.165) is 31.2 Å². The van der Waals surface area contributed by atoms with Gasteiger partial charge in [0.05, 0.1) is 0 Å². The SMILES string of the molecule is CCN1CCCC1CNC1CCN(c2ccc(F)cc2C)CC1. The fourth-order valence-corrected chi connectivity index (χ4v) is 4.14. The Labute approximate surface area is 139 Å². The van der Waals surface area contributed by atoms with Crippen molar-refractivity contribution in [3.63, 3.8) is 0 Å². The number of halogens is 1. The summed E-state index contributed by atoms with van der Waals surface area (Å²) in [5.41, 5.74) is 2.23. The Kier molecular flexibility index (Phi) is 5.54. The second-order valence-corrected chi connectivity index (χ2v) is 7.03. The van der Waals surface area contributed by atoms with Gasteiger partial charge < -0.3 is 10.2 Å². The molecular weight excluding hydrogens is 289 g/mol. The fourth-order valence-electron chi connectivity index (χ4n) is 4.14. The van der Waals surface area contributed by atoms with Crippen molar-refractivity contribution >= 4 is 5.69 Å². The van der Waals surface area contributed by atoms with E-state index in [4.69, 9.17) is 0 Å². The molecule has 0 amide bonds. The molecule has 0 aromatic heterocycles. The van der Waals surface area contributed by atoms with Gasteiger partial charge in [0.2, 0.25) is 0 Å².